The summed E-state index contributed by atoms with van der Waals surface area (Å²) in [6.45, 7) is 5.45. The number of nitrogens with zero attached hydrogens (tertiary/aromatic N) is 1. The first kappa shape index (κ1) is 13.4. The van der Waals surface area contributed by atoms with Crippen LogP contribution in [0.5, 0.6) is 0 Å². The summed E-state index contributed by atoms with van der Waals surface area (Å²) >= 11 is 0. The van der Waals surface area contributed by atoms with Gasteiger partial charge in [0.2, 0.25) is 5.91 Å². The van der Waals surface area contributed by atoms with Crippen LogP contribution in [-0.2, 0) is 9.53 Å². The molecule has 0 bridgehead atoms. The Balaban J connectivity index is 2.56. The normalized spacial score (nSPS) is 23.6. The third-order valence-corrected chi connectivity index (χ3v) is 2.76. The molecular weight excluding hydrogens is 208 g/mol. The van der Waals surface area contributed by atoms with Crippen LogP contribution in [-0.4, -0.2) is 54.4 Å². The Morgan fingerprint density at radius 1 is 1.62 bits per heavy atom. The van der Waals surface area contributed by atoms with Crippen LogP contribution >= 0.6 is 0 Å². The van der Waals surface area contributed by atoms with Gasteiger partial charge in [0.25, 0.3) is 0 Å². The fraction of sp³-hybridized carbons (Fsp3) is 0.909. The molecule has 0 spiro atoms. The predicted molar refractivity (Wildman–Crippen MR) is 60.8 cm³/mol. The highest BCUT2D eigenvalue weighted by atomic mass is 16.5. The summed E-state index contributed by atoms with van der Waals surface area (Å²) in [7, 11) is 0. The highest BCUT2D eigenvalue weighted by molar-refractivity contribution is 5.82. The average molecular weight is 230 g/mol. The van der Waals surface area contributed by atoms with E-state index in [4.69, 9.17) is 15.6 Å². The smallest absolute Gasteiger partial charge is 0.239 e. The molecule has 0 aromatic heterocycles. The number of aliphatic hydroxyl groups excluding tert-OH is 1. The van der Waals surface area contributed by atoms with Crippen LogP contribution in [0, 0.1) is 5.92 Å². The van der Waals surface area contributed by atoms with Crippen LogP contribution in [0.15, 0.2) is 0 Å². The molecule has 0 aromatic carbocycles. The monoisotopic (exact) mass is 230 g/mol. The van der Waals surface area contributed by atoms with Gasteiger partial charge in [-0.05, 0) is 12.3 Å². The summed E-state index contributed by atoms with van der Waals surface area (Å²) in [4.78, 5) is 13.7. The first-order chi connectivity index (χ1) is 7.56. The molecule has 0 aliphatic carbocycles. The number of nitrogens with two attached hydrogens (primary N) is 1. The molecule has 2 atom stereocenters. The number of hydrogen-bond acceptors (Lipinski definition) is 4. The Morgan fingerprint density at radius 2 is 2.31 bits per heavy atom. The number of carbonyl (C=O) groups excluding carboxylic acids is 1. The molecule has 1 fully saturated rings. The van der Waals surface area contributed by atoms with E-state index in [0.717, 1.165) is 0 Å². The number of hydrogen-bond donors (Lipinski definition) is 2. The number of ether oxygens (including phenoxy) is 1. The molecule has 0 aromatic rings. The van der Waals surface area contributed by atoms with Crippen molar-refractivity contribution in [2.75, 3.05) is 26.4 Å². The summed E-state index contributed by atoms with van der Waals surface area (Å²) < 4.78 is 5.22. The Morgan fingerprint density at radius 3 is 2.88 bits per heavy atom. The molecule has 0 saturated carbocycles. The van der Waals surface area contributed by atoms with E-state index in [1.54, 1.807) is 4.90 Å². The summed E-state index contributed by atoms with van der Waals surface area (Å²) in [5.74, 6) is 0.323. The van der Waals surface area contributed by atoms with Gasteiger partial charge in [0.05, 0.1) is 31.9 Å². The highest BCUT2D eigenvalue weighted by Gasteiger charge is 2.30. The second-order valence-corrected chi connectivity index (χ2v) is 4.68. The zero-order valence-corrected chi connectivity index (χ0v) is 10.1. The second kappa shape index (κ2) is 6.18. The van der Waals surface area contributed by atoms with Crippen molar-refractivity contribution in [3.05, 3.63) is 0 Å². The van der Waals surface area contributed by atoms with E-state index >= 15 is 0 Å². The second-order valence-electron chi connectivity index (χ2n) is 4.68. The van der Waals surface area contributed by atoms with Crippen molar-refractivity contribution in [1.82, 2.24) is 4.90 Å². The minimum Gasteiger partial charge on any atom is -0.394 e. The predicted octanol–water partition coefficient (Wildman–Crippen LogP) is -0.420. The van der Waals surface area contributed by atoms with E-state index in [2.05, 4.69) is 0 Å². The van der Waals surface area contributed by atoms with E-state index in [1.807, 2.05) is 13.8 Å². The van der Waals surface area contributed by atoms with Crippen LogP contribution in [0.25, 0.3) is 0 Å². The van der Waals surface area contributed by atoms with Crippen LogP contribution in [0.1, 0.15) is 20.3 Å². The largest absolute Gasteiger partial charge is 0.394 e. The van der Waals surface area contributed by atoms with Crippen molar-refractivity contribution in [1.29, 1.82) is 0 Å². The molecule has 3 N–H and O–H groups in total. The number of morpholine rings is 1. The summed E-state index contributed by atoms with van der Waals surface area (Å²) in [5, 5.41) is 9.16. The molecule has 1 unspecified atom stereocenters. The zero-order valence-electron chi connectivity index (χ0n) is 10.1. The summed E-state index contributed by atoms with van der Waals surface area (Å²) in [6.07, 6.45) is 0.675. The molecule has 94 valence electrons. The van der Waals surface area contributed by atoms with Gasteiger partial charge >= 0.3 is 0 Å². The van der Waals surface area contributed by atoms with Crippen LogP contribution in [0.3, 0.4) is 0 Å². The zero-order chi connectivity index (χ0) is 12.1. The van der Waals surface area contributed by atoms with E-state index in [9.17, 15) is 4.79 Å². The highest BCUT2D eigenvalue weighted by Crippen LogP contribution is 2.11. The Bertz CT molecular complexity index is 233. The Kier molecular flexibility index (Phi) is 5.18. The molecule has 1 saturated heterocycles. The number of amides is 1. The lowest BCUT2D eigenvalue weighted by molar-refractivity contribution is -0.143. The van der Waals surface area contributed by atoms with E-state index < -0.39 is 6.04 Å². The van der Waals surface area contributed by atoms with Gasteiger partial charge in [0.1, 0.15) is 0 Å². The van der Waals surface area contributed by atoms with Crippen molar-refractivity contribution >= 4 is 5.91 Å². The first-order valence-electron chi connectivity index (χ1n) is 5.81. The van der Waals surface area contributed by atoms with Crippen LogP contribution in [0.4, 0.5) is 0 Å². The number of rotatable bonds is 4. The maximum atomic E-state index is 12.0. The minimum absolute atomic E-state index is 0.0693. The maximum Gasteiger partial charge on any atom is 0.239 e. The maximum absolute atomic E-state index is 12.0. The minimum atomic E-state index is -0.466. The number of carbonyl (C=O) groups is 1. The van der Waals surface area contributed by atoms with Crippen molar-refractivity contribution in [2.45, 2.75) is 32.4 Å². The van der Waals surface area contributed by atoms with Crippen molar-refractivity contribution in [3.8, 4) is 0 Å². The van der Waals surface area contributed by atoms with Gasteiger partial charge in [-0.25, -0.2) is 0 Å². The van der Waals surface area contributed by atoms with Crippen molar-refractivity contribution in [2.24, 2.45) is 11.7 Å². The van der Waals surface area contributed by atoms with Gasteiger partial charge in [-0.3, -0.25) is 4.79 Å². The molecule has 1 aliphatic heterocycles. The lowest BCUT2D eigenvalue weighted by atomic mass is 10.0. The molecule has 16 heavy (non-hydrogen) atoms. The molecular formula is C11H22N2O3. The number of aliphatic hydroxyl groups is 1. The molecule has 5 heteroatoms. The van der Waals surface area contributed by atoms with Gasteiger partial charge in [0, 0.05) is 6.54 Å². The Labute approximate surface area is 96.6 Å². The molecule has 0 radical (unpaired) electrons. The third-order valence-electron chi connectivity index (χ3n) is 2.76. The van der Waals surface area contributed by atoms with Crippen molar-refractivity contribution < 1.29 is 14.6 Å². The lowest BCUT2D eigenvalue weighted by Crippen LogP contribution is -2.55. The standard InChI is InChI=1S/C11H22N2O3/c1-8(2)5-10(12)11(15)13-3-4-16-7-9(13)6-14/h8-10,14H,3-7,12H2,1-2H3/t9?,10-/m0/s1. The van der Waals surface area contributed by atoms with Crippen LogP contribution in [0.2, 0.25) is 0 Å². The topological polar surface area (TPSA) is 75.8 Å². The Hall–Kier alpha value is -0.650. The lowest BCUT2D eigenvalue weighted by Gasteiger charge is -2.36. The molecule has 5 nitrogen and oxygen atoms in total. The summed E-state index contributed by atoms with van der Waals surface area (Å²) in [6, 6.07) is -0.702. The van der Waals surface area contributed by atoms with Crippen LogP contribution < -0.4 is 5.73 Å². The molecule has 1 rings (SSSR count). The fourth-order valence-electron chi connectivity index (χ4n) is 1.92. The first-order valence-corrected chi connectivity index (χ1v) is 5.81. The molecule has 1 amide bonds. The fourth-order valence-corrected chi connectivity index (χ4v) is 1.92. The average Bonchev–Trinajstić information content (AvgIpc) is 2.27. The van der Waals surface area contributed by atoms with Gasteiger partial charge in [-0.15, -0.1) is 0 Å². The van der Waals surface area contributed by atoms with E-state index in [-0.39, 0.29) is 18.6 Å². The summed E-state index contributed by atoms with van der Waals surface area (Å²) in [5.41, 5.74) is 5.85. The van der Waals surface area contributed by atoms with Gasteiger partial charge in [0.15, 0.2) is 0 Å². The van der Waals surface area contributed by atoms with Gasteiger partial charge in [-0.2, -0.15) is 0 Å². The molecule has 1 aliphatic rings. The van der Waals surface area contributed by atoms with E-state index in [1.165, 1.54) is 0 Å². The van der Waals surface area contributed by atoms with Crippen molar-refractivity contribution in [3.63, 3.8) is 0 Å². The van der Waals surface area contributed by atoms with Gasteiger partial charge in [-0.1, -0.05) is 13.8 Å². The molecule has 1 heterocycles. The SMILES string of the molecule is CC(C)C[C@H](N)C(=O)N1CCOCC1CO. The van der Waals surface area contributed by atoms with Gasteiger partial charge < -0.3 is 20.5 Å². The van der Waals surface area contributed by atoms with E-state index in [0.29, 0.717) is 32.1 Å². The quantitative estimate of drug-likeness (QED) is 0.688. The third kappa shape index (κ3) is 3.43.